The minimum atomic E-state index is -1.68. The lowest BCUT2D eigenvalue weighted by atomic mass is 10.3. The summed E-state index contributed by atoms with van der Waals surface area (Å²) in [5.74, 6) is -1.68. The number of hydrogen-bond donors (Lipinski definition) is 2. The van der Waals surface area contributed by atoms with Crippen LogP contribution in [-0.2, 0) is 18.9 Å². The van der Waals surface area contributed by atoms with E-state index in [1.54, 1.807) is 0 Å². The monoisotopic (exact) mass is 294 g/mol. The van der Waals surface area contributed by atoms with Gasteiger partial charge in [-0.1, -0.05) is 26.7 Å². The summed E-state index contributed by atoms with van der Waals surface area (Å²) in [4.78, 5) is 0. The molecule has 0 saturated heterocycles. The second kappa shape index (κ2) is 13.7. The van der Waals surface area contributed by atoms with Crippen molar-refractivity contribution >= 4 is 0 Å². The summed E-state index contributed by atoms with van der Waals surface area (Å²) < 4.78 is 21.1. The maximum absolute atomic E-state index is 10.2. The topological polar surface area (TPSA) is 77.4 Å². The van der Waals surface area contributed by atoms with Gasteiger partial charge in [-0.2, -0.15) is 0 Å². The summed E-state index contributed by atoms with van der Waals surface area (Å²) in [6.07, 6.45) is 3.69. The first-order valence-electron chi connectivity index (χ1n) is 7.45. The number of aliphatic hydroxyl groups is 2. The van der Waals surface area contributed by atoms with E-state index in [1.165, 1.54) is 0 Å². The minimum absolute atomic E-state index is 0.00973. The Morgan fingerprint density at radius 2 is 1.35 bits per heavy atom. The zero-order valence-electron chi connectivity index (χ0n) is 12.8. The van der Waals surface area contributed by atoms with Gasteiger partial charge in [0.1, 0.15) is 6.61 Å². The van der Waals surface area contributed by atoms with E-state index in [1.807, 2.05) is 0 Å². The van der Waals surface area contributed by atoms with Gasteiger partial charge in [0.05, 0.1) is 39.6 Å². The third kappa shape index (κ3) is 11.6. The molecule has 0 aliphatic carbocycles. The maximum Gasteiger partial charge on any atom is 0.305 e. The Balaban J connectivity index is 3.89. The molecule has 122 valence electrons. The van der Waals surface area contributed by atoms with Crippen molar-refractivity contribution in [3.63, 3.8) is 0 Å². The van der Waals surface area contributed by atoms with E-state index in [0.29, 0.717) is 26.4 Å². The van der Waals surface area contributed by atoms with Gasteiger partial charge in [0, 0.05) is 0 Å². The van der Waals surface area contributed by atoms with E-state index >= 15 is 0 Å². The van der Waals surface area contributed by atoms with Gasteiger partial charge in [-0.15, -0.1) is 0 Å². The molecule has 0 aromatic carbocycles. The molecule has 2 N–H and O–H groups in total. The van der Waals surface area contributed by atoms with Crippen LogP contribution in [0.2, 0.25) is 0 Å². The molecule has 0 radical (unpaired) electrons. The predicted octanol–water partition coefficient (Wildman–Crippen LogP) is 1.29. The van der Waals surface area contributed by atoms with Crippen LogP contribution in [0.25, 0.3) is 0 Å². The quantitative estimate of drug-likeness (QED) is 0.350. The lowest BCUT2D eigenvalue weighted by Crippen LogP contribution is -2.41. The first-order chi connectivity index (χ1) is 9.68. The molecule has 0 fully saturated rings. The highest BCUT2D eigenvalue weighted by Crippen LogP contribution is 2.12. The molecule has 0 rings (SSSR count). The van der Waals surface area contributed by atoms with Crippen molar-refractivity contribution in [3.05, 3.63) is 0 Å². The highest BCUT2D eigenvalue weighted by atomic mass is 16.8. The molecule has 20 heavy (non-hydrogen) atoms. The highest BCUT2D eigenvalue weighted by Gasteiger charge is 2.29. The van der Waals surface area contributed by atoms with Crippen LogP contribution in [-0.4, -0.2) is 62.4 Å². The average Bonchev–Trinajstić information content (AvgIpc) is 2.43. The molecule has 0 bridgehead atoms. The first-order valence-corrected chi connectivity index (χ1v) is 7.45. The van der Waals surface area contributed by atoms with Crippen molar-refractivity contribution in [3.8, 4) is 0 Å². The van der Waals surface area contributed by atoms with Crippen LogP contribution in [0.4, 0.5) is 0 Å². The van der Waals surface area contributed by atoms with Gasteiger partial charge >= 0.3 is 5.97 Å². The summed E-state index contributed by atoms with van der Waals surface area (Å²) >= 11 is 0. The average molecular weight is 294 g/mol. The standard InChI is InChI=1S/C14H30O6/c1-3-5-8-19-14(16,20-9-6-4-2)13-18-12-11-17-10-7-15/h15-16H,3-13H2,1-2H3. The molecule has 0 atom stereocenters. The van der Waals surface area contributed by atoms with Crippen molar-refractivity contribution in [2.75, 3.05) is 46.2 Å². The van der Waals surface area contributed by atoms with Crippen LogP contribution in [0.15, 0.2) is 0 Å². The Bertz CT molecular complexity index is 190. The lowest BCUT2D eigenvalue weighted by molar-refractivity contribution is -0.376. The summed E-state index contributed by atoms with van der Waals surface area (Å²) in [6, 6.07) is 0. The third-order valence-electron chi connectivity index (χ3n) is 2.54. The fraction of sp³-hybridized carbons (Fsp3) is 1.00. The molecule has 0 aliphatic heterocycles. The fourth-order valence-corrected chi connectivity index (χ4v) is 1.36. The Kier molecular flexibility index (Phi) is 13.6. The Labute approximate surface area is 122 Å². The van der Waals surface area contributed by atoms with Gasteiger partial charge in [-0.25, -0.2) is 0 Å². The molecule has 6 nitrogen and oxygen atoms in total. The number of hydrogen-bond acceptors (Lipinski definition) is 6. The summed E-state index contributed by atoms with van der Waals surface area (Å²) in [5.41, 5.74) is 0. The van der Waals surface area contributed by atoms with E-state index in [0.717, 1.165) is 25.7 Å². The van der Waals surface area contributed by atoms with E-state index < -0.39 is 5.97 Å². The van der Waals surface area contributed by atoms with E-state index in [-0.39, 0.29) is 19.8 Å². The van der Waals surface area contributed by atoms with Crippen molar-refractivity contribution in [2.24, 2.45) is 0 Å². The molecule has 0 unspecified atom stereocenters. The molecule has 0 aromatic heterocycles. The number of rotatable bonds is 15. The molecule has 0 aliphatic rings. The van der Waals surface area contributed by atoms with Crippen LogP contribution >= 0.6 is 0 Å². The Morgan fingerprint density at radius 1 is 0.800 bits per heavy atom. The molecular weight excluding hydrogens is 264 g/mol. The molecule has 0 aromatic rings. The van der Waals surface area contributed by atoms with Crippen molar-refractivity contribution in [1.29, 1.82) is 0 Å². The van der Waals surface area contributed by atoms with E-state index in [2.05, 4.69) is 13.8 Å². The smallest absolute Gasteiger partial charge is 0.305 e. The zero-order chi connectivity index (χ0) is 15.1. The first kappa shape index (κ1) is 19.8. The normalized spacial score (nSPS) is 12.0. The second-order valence-electron chi connectivity index (χ2n) is 4.51. The molecule has 0 amide bonds. The highest BCUT2D eigenvalue weighted by molar-refractivity contribution is 4.54. The second-order valence-corrected chi connectivity index (χ2v) is 4.51. The van der Waals surface area contributed by atoms with Gasteiger partial charge in [0.15, 0.2) is 0 Å². The zero-order valence-corrected chi connectivity index (χ0v) is 12.8. The molecule has 6 heteroatoms. The largest absolute Gasteiger partial charge is 0.394 e. The SMILES string of the molecule is CCCCOC(O)(COCCOCCO)OCCCC. The van der Waals surface area contributed by atoms with Crippen molar-refractivity contribution in [2.45, 2.75) is 45.5 Å². The maximum atomic E-state index is 10.2. The summed E-state index contributed by atoms with van der Waals surface area (Å²) in [7, 11) is 0. The van der Waals surface area contributed by atoms with Gasteiger partial charge in [-0.3, -0.25) is 0 Å². The fourth-order valence-electron chi connectivity index (χ4n) is 1.36. The minimum Gasteiger partial charge on any atom is -0.394 e. The van der Waals surface area contributed by atoms with Gasteiger partial charge in [-0.05, 0) is 12.8 Å². The van der Waals surface area contributed by atoms with Crippen molar-refractivity contribution < 1.29 is 29.2 Å². The number of ether oxygens (including phenoxy) is 4. The summed E-state index contributed by atoms with van der Waals surface area (Å²) in [5, 5.41) is 18.8. The van der Waals surface area contributed by atoms with Crippen LogP contribution in [0, 0.1) is 0 Å². The molecule has 0 heterocycles. The predicted molar refractivity (Wildman–Crippen MR) is 75.4 cm³/mol. The Morgan fingerprint density at radius 3 is 1.85 bits per heavy atom. The molecule has 0 spiro atoms. The van der Waals surface area contributed by atoms with Gasteiger partial charge in [0.2, 0.25) is 0 Å². The molecule has 0 saturated carbocycles. The molecular formula is C14H30O6. The third-order valence-corrected chi connectivity index (χ3v) is 2.54. The summed E-state index contributed by atoms with van der Waals surface area (Å²) in [6.45, 7) is 5.87. The Hall–Kier alpha value is -0.240. The van der Waals surface area contributed by atoms with Gasteiger partial charge in [0.25, 0.3) is 0 Å². The van der Waals surface area contributed by atoms with Crippen LogP contribution in [0.1, 0.15) is 39.5 Å². The van der Waals surface area contributed by atoms with E-state index in [9.17, 15) is 5.11 Å². The van der Waals surface area contributed by atoms with Crippen LogP contribution < -0.4 is 0 Å². The van der Waals surface area contributed by atoms with Crippen molar-refractivity contribution in [1.82, 2.24) is 0 Å². The number of aliphatic hydroxyl groups excluding tert-OH is 1. The van der Waals surface area contributed by atoms with Crippen LogP contribution in [0.5, 0.6) is 0 Å². The van der Waals surface area contributed by atoms with Crippen LogP contribution in [0.3, 0.4) is 0 Å². The number of unbranched alkanes of at least 4 members (excludes halogenated alkanes) is 2. The van der Waals surface area contributed by atoms with E-state index in [4.69, 9.17) is 24.1 Å². The lowest BCUT2D eigenvalue weighted by Gasteiger charge is -2.27. The van der Waals surface area contributed by atoms with Gasteiger partial charge < -0.3 is 29.2 Å².